The number of hydrogen-bond acceptors (Lipinski definition) is 4. The molecular weight excluding hydrogens is 278 g/mol. The number of aromatic nitrogens is 2. The number of aryl methyl sites for hydroxylation is 1. The Morgan fingerprint density at radius 3 is 2.82 bits per heavy atom. The van der Waals surface area contributed by atoms with Crippen LogP contribution in [0.2, 0.25) is 0 Å². The van der Waals surface area contributed by atoms with Crippen molar-refractivity contribution in [1.82, 2.24) is 9.97 Å². The van der Waals surface area contributed by atoms with Gasteiger partial charge in [-0.3, -0.25) is 4.79 Å². The first-order valence-corrected chi connectivity index (χ1v) is 7.55. The van der Waals surface area contributed by atoms with Gasteiger partial charge in [0.1, 0.15) is 11.6 Å². The van der Waals surface area contributed by atoms with Gasteiger partial charge in [-0.15, -0.1) is 0 Å². The van der Waals surface area contributed by atoms with Gasteiger partial charge < -0.3 is 10.1 Å². The SMILES string of the molecule is CCOc1ccccc1NC(=O)c1cnc(C2CC2)nc1C. The number of ether oxygens (including phenoxy) is 1. The molecule has 114 valence electrons. The van der Waals surface area contributed by atoms with Crippen molar-refractivity contribution < 1.29 is 9.53 Å². The van der Waals surface area contributed by atoms with Gasteiger partial charge >= 0.3 is 0 Å². The lowest BCUT2D eigenvalue weighted by Crippen LogP contribution is -2.16. The van der Waals surface area contributed by atoms with Crippen LogP contribution in [0.3, 0.4) is 0 Å². The van der Waals surface area contributed by atoms with Crippen LogP contribution in [0.25, 0.3) is 0 Å². The second kappa shape index (κ2) is 6.13. The third kappa shape index (κ3) is 3.08. The number of carbonyl (C=O) groups is 1. The summed E-state index contributed by atoms with van der Waals surface area (Å²) in [5.74, 6) is 1.77. The van der Waals surface area contributed by atoms with Crippen molar-refractivity contribution in [3.05, 3.63) is 47.5 Å². The van der Waals surface area contributed by atoms with Gasteiger partial charge in [0.25, 0.3) is 5.91 Å². The molecule has 3 rings (SSSR count). The molecule has 0 spiro atoms. The zero-order chi connectivity index (χ0) is 15.5. The topological polar surface area (TPSA) is 64.1 Å². The summed E-state index contributed by atoms with van der Waals surface area (Å²) in [5, 5.41) is 2.87. The van der Waals surface area contributed by atoms with Gasteiger partial charge in [0.05, 0.1) is 23.6 Å². The van der Waals surface area contributed by atoms with E-state index in [1.807, 2.05) is 38.1 Å². The van der Waals surface area contributed by atoms with Gasteiger partial charge in [-0.1, -0.05) is 12.1 Å². The first-order chi connectivity index (χ1) is 10.7. The second-order valence-electron chi connectivity index (χ2n) is 5.38. The zero-order valence-electron chi connectivity index (χ0n) is 12.8. The molecule has 0 saturated heterocycles. The van der Waals surface area contributed by atoms with Gasteiger partial charge in [0, 0.05) is 12.1 Å². The quantitative estimate of drug-likeness (QED) is 0.919. The molecule has 1 amide bonds. The largest absolute Gasteiger partial charge is 0.492 e. The Morgan fingerprint density at radius 1 is 1.36 bits per heavy atom. The minimum absolute atomic E-state index is 0.216. The molecule has 0 radical (unpaired) electrons. The number of benzene rings is 1. The van der Waals surface area contributed by atoms with Gasteiger partial charge in [0.2, 0.25) is 0 Å². The Bertz CT molecular complexity index is 696. The molecule has 22 heavy (non-hydrogen) atoms. The second-order valence-corrected chi connectivity index (χ2v) is 5.38. The molecule has 1 aromatic carbocycles. The Balaban J connectivity index is 1.79. The molecule has 1 saturated carbocycles. The summed E-state index contributed by atoms with van der Waals surface area (Å²) in [6.45, 7) is 4.30. The van der Waals surface area contributed by atoms with E-state index in [4.69, 9.17) is 4.74 Å². The Kier molecular flexibility index (Phi) is 4.04. The fourth-order valence-electron chi connectivity index (χ4n) is 2.29. The average molecular weight is 297 g/mol. The monoisotopic (exact) mass is 297 g/mol. The van der Waals surface area contributed by atoms with Gasteiger partial charge in [0.15, 0.2) is 0 Å². The predicted octanol–water partition coefficient (Wildman–Crippen LogP) is 3.31. The molecule has 2 aromatic rings. The van der Waals surface area contributed by atoms with Gasteiger partial charge in [-0.25, -0.2) is 9.97 Å². The molecule has 1 aliphatic carbocycles. The smallest absolute Gasteiger partial charge is 0.259 e. The van der Waals surface area contributed by atoms with Crippen LogP contribution < -0.4 is 10.1 Å². The molecule has 5 nitrogen and oxygen atoms in total. The third-order valence-electron chi connectivity index (χ3n) is 3.62. The maximum absolute atomic E-state index is 12.4. The van der Waals surface area contributed by atoms with E-state index >= 15 is 0 Å². The molecule has 0 unspecified atom stereocenters. The number of rotatable bonds is 5. The Morgan fingerprint density at radius 2 is 2.14 bits per heavy atom. The maximum atomic E-state index is 12.4. The normalized spacial score (nSPS) is 13.7. The summed E-state index contributed by atoms with van der Waals surface area (Å²) < 4.78 is 5.52. The van der Waals surface area contributed by atoms with Crippen molar-refractivity contribution in [3.63, 3.8) is 0 Å². The molecular formula is C17H19N3O2. The minimum Gasteiger partial charge on any atom is -0.492 e. The van der Waals surface area contributed by atoms with E-state index in [2.05, 4.69) is 15.3 Å². The number of anilines is 1. The lowest BCUT2D eigenvalue weighted by atomic mass is 10.2. The van der Waals surface area contributed by atoms with Crippen molar-refractivity contribution in [2.24, 2.45) is 0 Å². The molecule has 1 aromatic heterocycles. The molecule has 0 bridgehead atoms. The van der Waals surface area contributed by atoms with E-state index in [1.54, 1.807) is 6.20 Å². The van der Waals surface area contributed by atoms with Crippen LogP contribution >= 0.6 is 0 Å². The van der Waals surface area contributed by atoms with Gasteiger partial charge in [-0.05, 0) is 38.8 Å². The Labute approximate surface area is 129 Å². The van der Waals surface area contributed by atoms with E-state index in [1.165, 1.54) is 0 Å². The highest BCUT2D eigenvalue weighted by Gasteiger charge is 2.27. The number of amides is 1. The molecule has 0 aliphatic heterocycles. The van der Waals surface area contributed by atoms with Crippen LogP contribution in [0.15, 0.2) is 30.5 Å². The summed E-state index contributed by atoms with van der Waals surface area (Å²) in [6, 6.07) is 7.38. The maximum Gasteiger partial charge on any atom is 0.259 e. The summed E-state index contributed by atoms with van der Waals surface area (Å²) in [4.78, 5) is 21.2. The molecule has 1 fully saturated rings. The zero-order valence-corrected chi connectivity index (χ0v) is 12.8. The summed E-state index contributed by atoms with van der Waals surface area (Å²) in [7, 11) is 0. The highest BCUT2D eigenvalue weighted by molar-refractivity contribution is 6.05. The fraction of sp³-hybridized carbons (Fsp3) is 0.353. The van der Waals surface area contributed by atoms with Crippen LogP contribution in [0, 0.1) is 6.92 Å². The van der Waals surface area contributed by atoms with Crippen LogP contribution in [-0.4, -0.2) is 22.5 Å². The number of hydrogen-bond donors (Lipinski definition) is 1. The summed E-state index contributed by atoms with van der Waals surface area (Å²) in [5.41, 5.74) is 1.86. The first kappa shape index (κ1) is 14.5. The number of nitrogens with zero attached hydrogens (tertiary/aromatic N) is 2. The van der Waals surface area contributed by atoms with E-state index in [0.717, 1.165) is 18.7 Å². The molecule has 0 atom stereocenters. The Hall–Kier alpha value is -2.43. The van der Waals surface area contributed by atoms with Crippen LogP contribution in [0.4, 0.5) is 5.69 Å². The third-order valence-corrected chi connectivity index (χ3v) is 3.62. The molecule has 1 N–H and O–H groups in total. The van der Waals surface area contributed by atoms with Crippen molar-refractivity contribution in [2.45, 2.75) is 32.6 Å². The van der Waals surface area contributed by atoms with Crippen molar-refractivity contribution in [1.29, 1.82) is 0 Å². The van der Waals surface area contributed by atoms with E-state index in [-0.39, 0.29) is 5.91 Å². The number of nitrogens with one attached hydrogen (secondary N) is 1. The van der Waals surface area contributed by atoms with Crippen molar-refractivity contribution in [2.75, 3.05) is 11.9 Å². The molecule has 1 aliphatic rings. The lowest BCUT2D eigenvalue weighted by molar-refractivity contribution is 0.102. The molecule has 5 heteroatoms. The van der Waals surface area contributed by atoms with Crippen LogP contribution in [0.1, 0.15) is 47.6 Å². The summed E-state index contributed by atoms with van der Waals surface area (Å²) >= 11 is 0. The first-order valence-electron chi connectivity index (χ1n) is 7.55. The van der Waals surface area contributed by atoms with Crippen LogP contribution in [-0.2, 0) is 0 Å². The highest BCUT2D eigenvalue weighted by Crippen LogP contribution is 2.38. The average Bonchev–Trinajstić information content (AvgIpc) is 3.34. The van der Waals surface area contributed by atoms with Crippen LogP contribution in [0.5, 0.6) is 5.75 Å². The molecule has 1 heterocycles. The minimum atomic E-state index is -0.216. The van der Waals surface area contributed by atoms with Gasteiger partial charge in [-0.2, -0.15) is 0 Å². The fourth-order valence-corrected chi connectivity index (χ4v) is 2.29. The summed E-state index contributed by atoms with van der Waals surface area (Å²) in [6.07, 6.45) is 3.91. The van der Waals surface area contributed by atoms with Crippen molar-refractivity contribution in [3.8, 4) is 5.75 Å². The van der Waals surface area contributed by atoms with Crippen molar-refractivity contribution >= 4 is 11.6 Å². The lowest BCUT2D eigenvalue weighted by Gasteiger charge is -2.12. The predicted molar refractivity (Wildman–Crippen MR) is 84.3 cm³/mol. The highest BCUT2D eigenvalue weighted by atomic mass is 16.5. The number of carbonyl (C=O) groups excluding carboxylic acids is 1. The number of para-hydroxylation sites is 2. The standard InChI is InChI=1S/C17H19N3O2/c1-3-22-15-7-5-4-6-14(15)20-17(21)13-10-18-16(12-8-9-12)19-11(13)2/h4-7,10,12H,3,8-9H2,1-2H3,(H,20,21). The van der Waals surface area contributed by atoms with E-state index in [0.29, 0.717) is 35.2 Å². The van der Waals surface area contributed by atoms with E-state index < -0.39 is 0 Å². The van der Waals surface area contributed by atoms with E-state index in [9.17, 15) is 4.79 Å².